The molecule has 0 spiro atoms. The SMILES string of the molecule is CC(=O)C1CCC(c2ccccc2)C1. The molecule has 0 aromatic heterocycles. The first-order valence-corrected chi connectivity index (χ1v) is 5.33. The standard InChI is InChI=1S/C13H16O/c1-10(14)12-7-8-13(9-12)11-5-3-2-4-6-11/h2-6,12-13H,7-9H2,1H3. The molecule has 14 heavy (non-hydrogen) atoms. The van der Waals surface area contributed by atoms with Gasteiger partial charge in [-0.2, -0.15) is 0 Å². The Balaban J connectivity index is 2.06. The number of rotatable bonds is 2. The highest BCUT2D eigenvalue weighted by atomic mass is 16.1. The largest absolute Gasteiger partial charge is 0.300 e. The van der Waals surface area contributed by atoms with Gasteiger partial charge in [-0.15, -0.1) is 0 Å². The highest BCUT2D eigenvalue weighted by molar-refractivity contribution is 5.78. The van der Waals surface area contributed by atoms with Crippen LogP contribution in [0, 0.1) is 5.92 Å². The van der Waals surface area contributed by atoms with Gasteiger partial charge in [-0.3, -0.25) is 4.79 Å². The van der Waals surface area contributed by atoms with Crippen molar-refractivity contribution in [1.29, 1.82) is 0 Å². The lowest BCUT2D eigenvalue weighted by Gasteiger charge is -2.09. The molecule has 1 aromatic rings. The molecule has 0 radical (unpaired) electrons. The van der Waals surface area contributed by atoms with Crippen LogP contribution in [0.15, 0.2) is 30.3 Å². The number of hydrogen-bond acceptors (Lipinski definition) is 1. The van der Waals surface area contributed by atoms with E-state index in [1.165, 1.54) is 12.0 Å². The van der Waals surface area contributed by atoms with Gasteiger partial charge >= 0.3 is 0 Å². The molecule has 1 aliphatic carbocycles. The highest BCUT2D eigenvalue weighted by Gasteiger charge is 2.28. The lowest BCUT2D eigenvalue weighted by atomic mass is 9.95. The predicted octanol–water partition coefficient (Wildman–Crippen LogP) is 3.16. The van der Waals surface area contributed by atoms with Crippen molar-refractivity contribution in [3.63, 3.8) is 0 Å². The molecule has 1 aromatic carbocycles. The number of carbonyl (C=O) groups excluding carboxylic acids is 1. The van der Waals surface area contributed by atoms with Crippen LogP contribution in [-0.4, -0.2) is 5.78 Å². The Labute approximate surface area is 85.1 Å². The fourth-order valence-corrected chi connectivity index (χ4v) is 2.38. The van der Waals surface area contributed by atoms with Crippen LogP contribution in [0.5, 0.6) is 0 Å². The Morgan fingerprint density at radius 1 is 1.21 bits per heavy atom. The summed E-state index contributed by atoms with van der Waals surface area (Å²) >= 11 is 0. The van der Waals surface area contributed by atoms with Gasteiger partial charge in [-0.1, -0.05) is 30.3 Å². The molecule has 74 valence electrons. The average molecular weight is 188 g/mol. The van der Waals surface area contributed by atoms with Crippen LogP contribution >= 0.6 is 0 Å². The second-order valence-corrected chi connectivity index (χ2v) is 4.23. The van der Waals surface area contributed by atoms with Crippen molar-refractivity contribution in [2.75, 3.05) is 0 Å². The second kappa shape index (κ2) is 3.95. The quantitative estimate of drug-likeness (QED) is 0.696. The molecule has 1 aliphatic rings. The van der Waals surface area contributed by atoms with Gasteiger partial charge in [0, 0.05) is 5.92 Å². The molecule has 0 heterocycles. The van der Waals surface area contributed by atoms with Crippen LogP contribution in [0.3, 0.4) is 0 Å². The molecule has 2 unspecified atom stereocenters. The van der Waals surface area contributed by atoms with E-state index in [-0.39, 0.29) is 0 Å². The van der Waals surface area contributed by atoms with E-state index in [1.807, 2.05) is 6.07 Å². The molecule has 2 rings (SSSR count). The third-order valence-corrected chi connectivity index (χ3v) is 3.28. The van der Waals surface area contributed by atoms with Crippen molar-refractivity contribution in [2.45, 2.75) is 32.1 Å². The lowest BCUT2D eigenvalue weighted by molar-refractivity contribution is -0.120. The summed E-state index contributed by atoms with van der Waals surface area (Å²) in [5.41, 5.74) is 1.40. The van der Waals surface area contributed by atoms with Gasteiger partial charge in [-0.05, 0) is 37.7 Å². The fourth-order valence-electron chi connectivity index (χ4n) is 2.38. The first-order chi connectivity index (χ1) is 6.77. The van der Waals surface area contributed by atoms with E-state index in [0.717, 1.165) is 12.8 Å². The lowest BCUT2D eigenvalue weighted by Crippen LogP contribution is -2.05. The average Bonchev–Trinajstić information content (AvgIpc) is 2.68. The summed E-state index contributed by atoms with van der Waals surface area (Å²) in [6.45, 7) is 1.72. The maximum absolute atomic E-state index is 11.2. The van der Waals surface area contributed by atoms with Crippen LogP contribution in [0.4, 0.5) is 0 Å². The van der Waals surface area contributed by atoms with Crippen molar-refractivity contribution in [3.05, 3.63) is 35.9 Å². The minimum absolute atomic E-state index is 0.320. The summed E-state index contributed by atoms with van der Waals surface area (Å²) in [5, 5.41) is 0. The molecule has 1 fully saturated rings. The van der Waals surface area contributed by atoms with Gasteiger partial charge in [0.25, 0.3) is 0 Å². The summed E-state index contributed by atoms with van der Waals surface area (Å²) in [5.74, 6) is 1.30. The van der Waals surface area contributed by atoms with Gasteiger partial charge in [0.1, 0.15) is 5.78 Å². The smallest absolute Gasteiger partial charge is 0.132 e. The van der Waals surface area contributed by atoms with Crippen LogP contribution in [0.1, 0.15) is 37.7 Å². The zero-order chi connectivity index (χ0) is 9.97. The first-order valence-electron chi connectivity index (χ1n) is 5.33. The van der Waals surface area contributed by atoms with E-state index in [2.05, 4.69) is 24.3 Å². The van der Waals surface area contributed by atoms with E-state index in [9.17, 15) is 4.79 Å². The predicted molar refractivity (Wildman–Crippen MR) is 57.2 cm³/mol. The molecule has 2 atom stereocenters. The number of benzene rings is 1. The zero-order valence-electron chi connectivity index (χ0n) is 8.57. The maximum Gasteiger partial charge on any atom is 0.132 e. The Bertz CT molecular complexity index is 315. The van der Waals surface area contributed by atoms with Crippen molar-refractivity contribution in [1.82, 2.24) is 0 Å². The summed E-state index contributed by atoms with van der Waals surface area (Å²) in [6.07, 6.45) is 3.31. The summed E-state index contributed by atoms with van der Waals surface area (Å²) in [7, 11) is 0. The summed E-state index contributed by atoms with van der Waals surface area (Å²) in [4.78, 5) is 11.2. The second-order valence-electron chi connectivity index (χ2n) is 4.23. The third-order valence-electron chi connectivity index (χ3n) is 3.28. The van der Waals surface area contributed by atoms with Crippen molar-refractivity contribution < 1.29 is 4.79 Å². The zero-order valence-corrected chi connectivity index (χ0v) is 8.57. The molecule has 1 saturated carbocycles. The normalized spacial score (nSPS) is 26.4. The Morgan fingerprint density at radius 2 is 1.93 bits per heavy atom. The van der Waals surface area contributed by atoms with Crippen LogP contribution < -0.4 is 0 Å². The van der Waals surface area contributed by atoms with Gasteiger partial charge < -0.3 is 0 Å². The number of carbonyl (C=O) groups is 1. The molecule has 1 nitrogen and oxygen atoms in total. The van der Waals surface area contributed by atoms with E-state index < -0.39 is 0 Å². The number of ketones is 1. The van der Waals surface area contributed by atoms with Crippen molar-refractivity contribution in [3.8, 4) is 0 Å². The topological polar surface area (TPSA) is 17.1 Å². The van der Waals surface area contributed by atoms with E-state index in [0.29, 0.717) is 17.6 Å². The van der Waals surface area contributed by atoms with Crippen LogP contribution in [-0.2, 0) is 4.79 Å². The highest BCUT2D eigenvalue weighted by Crippen LogP contribution is 2.38. The minimum atomic E-state index is 0.320. The number of Topliss-reactive ketones (excluding diaryl/α,β-unsaturated/α-hetero) is 1. The molecule has 0 saturated heterocycles. The van der Waals surface area contributed by atoms with Gasteiger partial charge in [0.05, 0.1) is 0 Å². The minimum Gasteiger partial charge on any atom is -0.300 e. The van der Waals surface area contributed by atoms with Gasteiger partial charge in [0.15, 0.2) is 0 Å². The number of hydrogen-bond donors (Lipinski definition) is 0. The Morgan fingerprint density at radius 3 is 2.50 bits per heavy atom. The molecule has 0 amide bonds. The maximum atomic E-state index is 11.2. The van der Waals surface area contributed by atoms with Crippen LogP contribution in [0.25, 0.3) is 0 Å². The fraction of sp³-hybridized carbons (Fsp3) is 0.462. The molecule has 0 bridgehead atoms. The monoisotopic (exact) mass is 188 g/mol. The van der Waals surface area contributed by atoms with Crippen molar-refractivity contribution in [2.24, 2.45) is 5.92 Å². The first kappa shape index (κ1) is 9.45. The van der Waals surface area contributed by atoms with Crippen molar-refractivity contribution >= 4 is 5.78 Å². The summed E-state index contributed by atoms with van der Waals surface area (Å²) in [6, 6.07) is 10.5. The molecule has 0 aliphatic heterocycles. The van der Waals surface area contributed by atoms with E-state index >= 15 is 0 Å². The summed E-state index contributed by atoms with van der Waals surface area (Å²) < 4.78 is 0. The molecule has 0 N–H and O–H groups in total. The molecular formula is C13H16O. The van der Waals surface area contributed by atoms with Crippen LogP contribution in [0.2, 0.25) is 0 Å². The van der Waals surface area contributed by atoms with Gasteiger partial charge in [-0.25, -0.2) is 0 Å². The Kier molecular flexibility index (Phi) is 2.67. The Hall–Kier alpha value is -1.11. The van der Waals surface area contributed by atoms with E-state index in [4.69, 9.17) is 0 Å². The third kappa shape index (κ3) is 1.87. The molecular weight excluding hydrogens is 172 g/mol. The van der Waals surface area contributed by atoms with Gasteiger partial charge in [0.2, 0.25) is 0 Å². The molecule has 1 heteroatoms. The van der Waals surface area contributed by atoms with E-state index in [1.54, 1.807) is 6.92 Å².